The van der Waals surface area contributed by atoms with Crippen LogP contribution in [0.3, 0.4) is 0 Å². The predicted octanol–water partition coefficient (Wildman–Crippen LogP) is 8.28. The fourth-order valence-electron chi connectivity index (χ4n) is 2.09. The maximum Gasteiger partial charge on any atom is 0 e. The first-order valence-corrected chi connectivity index (χ1v) is 9.25. The Kier molecular flexibility index (Phi) is 9.25. The molecule has 0 saturated heterocycles. The average molecular weight is 514 g/mol. The Labute approximate surface area is 166 Å². The van der Waals surface area contributed by atoms with Crippen molar-refractivity contribution in [2.45, 2.75) is 41.5 Å². The third-order valence-electron chi connectivity index (χ3n) is 2.45. The smallest absolute Gasteiger partial charge is 0 e. The number of rotatable bonds is 0. The van der Waals surface area contributed by atoms with Crippen molar-refractivity contribution >= 4 is 31.8 Å². The zero-order chi connectivity index (χ0) is 20.1. The minimum atomic E-state index is -10.7. The SMILES string of the molecule is Cc1cc(C)nc(C)c1.Cc1cc(C)nc(C)c1.F[P-](F)(F)(F)(F)F.[I]. The van der Waals surface area contributed by atoms with Gasteiger partial charge in [0, 0.05) is 46.8 Å². The van der Waals surface area contributed by atoms with Gasteiger partial charge in [-0.1, -0.05) is 0 Å². The fourth-order valence-corrected chi connectivity index (χ4v) is 2.09. The summed E-state index contributed by atoms with van der Waals surface area (Å²) in [6.45, 7) is 12.2. The zero-order valence-corrected chi connectivity index (χ0v) is 18.3. The molecule has 1 radical (unpaired) electrons. The number of pyridine rings is 2. The van der Waals surface area contributed by atoms with E-state index in [2.05, 4.69) is 48.1 Å². The standard InChI is InChI=1S/2C8H11N.F6P.I/c2*1-6-4-7(2)9-8(3)5-6;1-7(2,3,4,5)6;/h2*4-5H,1-3H3;;/q;;-1;. The molecule has 26 heavy (non-hydrogen) atoms. The predicted molar refractivity (Wildman–Crippen MR) is 104 cm³/mol. The molecular weight excluding hydrogens is 492 g/mol. The molecule has 0 bridgehead atoms. The van der Waals surface area contributed by atoms with E-state index in [1.54, 1.807) is 0 Å². The van der Waals surface area contributed by atoms with Crippen LogP contribution in [0.2, 0.25) is 0 Å². The molecule has 0 aliphatic carbocycles. The molecule has 0 amide bonds. The largest absolute Gasteiger partial charge is 0 e. The molecular formula is C16H22F6IN2P-. The first kappa shape index (κ1) is 27.3. The number of halogens is 7. The zero-order valence-electron chi connectivity index (χ0n) is 15.3. The van der Waals surface area contributed by atoms with Crippen molar-refractivity contribution in [1.29, 1.82) is 0 Å². The Balaban J connectivity index is 0. The second-order valence-electron chi connectivity index (χ2n) is 5.81. The second kappa shape index (κ2) is 8.82. The molecule has 0 aliphatic rings. The van der Waals surface area contributed by atoms with E-state index in [4.69, 9.17) is 0 Å². The minimum Gasteiger partial charge on any atom is 0 e. The van der Waals surface area contributed by atoms with Crippen molar-refractivity contribution in [2.75, 3.05) is 0 Å². The summed E-state index contributed by atoms with van der Waals surface area (Å²) < 4.78 is 59.2. The summed E-state index contributed by atoms with van der Waals surface area (Å²) in [7, 11) is -10.7. The van der Waals surface area contributed by atoms with Crippen LogP contribution < -0.4 is 0 Å². The van der Waals surface area contributed by atoms with Crippen LogP contribution >= 0.6 is 31.8 Å². The van der Waals surface area contributed by atoms with Gasteiger partial charge in [0.1, 0.15) is 0 Å². The third kappa shape index (κ3) is 21.1. The molecule has 0 fully saturated rings. The Hall–Kier alpha value is -0.960. The Morgan fingerprint density at radius 1 is 0.538 bits per heavy atom. The van der Waals surface area contributed by atoms with Gasteiger partial charge in [-0.05, 0) is 76.9 Å². The van der Waals surface area contributed by atoms with Crippen LogP contribution in [0.1, 0.15) is 33.9 Å². The first-order chi connectivity index (χ1) is 10.8. The Morgan fingerprint density at radius 2 is 0.692 bits per heavy atom. The number of nitrogens with zero attached hydrogens (tertiary/aromatic N) is 2. The second-order valence-corrected chi connectivity index (χ2v) is 7.73. The van der Waals surface area contributed by atoms with Gasteiger partial charge in [-0.3, -0.25) is 9.97 Å². The summed E-state index contributed by atoms with van der Waals surface area (Å²) in [5.74, 6) is 0. The maximum atomic E-state index is 9.87. The van der Waals surface area contributed by atoms with Crippen LogP contribution in [-0.2, 0) is 0 Å². The van der Waals surface area contributed by atoms with Crippen molar-refractivity contribution in [1.82, 2.24) is 9.97 Å². The van der Waals surface area contributed by atoms with Gasteiger partial charge in [0.05, 0.1) is 0 Å². The van der Waals surface area contributed by atoms with Crippen molar-refractivity contribution in [3.8, 4) is 0 Å². The number of aromatic nitrogens is 2. The monoisotopic (exact) mass is 514 g/mol. The van der Waals surface area contributed by atoms with Gasteiger partial charge in [0.25, 0.3) is 0 Å². The van der Waals surface area contributed by atoms with Crippen molar-refractivity contribution in [3.05, 3.63) is 58.2 Å². The molecule has 2 heterocycles. The van der Waals surface area contributed by atoms with E-state index >= 15 is 0 Å². The van der Waals surface area contributed by atoms with Crippen LogP contribution in [0.25, 0.3) is 0 Å². The fraction of sp³-hybridized carbons (Fsp3) is 0.375. The summed E-state index contributed by atoms with van der Waals surface area (Å²) in [6, 6.07) is 8.31. The van der Waals surface area contributed by atoms with E-state index in [1.165, 1.54) is 11.1 Å². The Morgan fingerprint density at radius 3 is 0.808 bits per heavy atom. The molecule has 0 unspecified atom stereocenters. The van der Waals surface area contributed by atoms with Crippen LogP contribution in [-0.4, -0.2) is 9.97 Å². The van der Waals surface area contributed by atoms with Gasteiger partial charge >= 0.3 is 33.0 Å². The van der Waals surface area contributed by atoms with Crippen molar-refractivity contribution in [3.63, 3.8) is 0 Å². The average Bonchev–Trinajstić information content (AvgIpc) is 2.19. The third-order valence-corrected chi connectivity index (χ3v) is 2.45. The van der Waals surface area contributed by atoms with E-state index in [1.807, 2.05) is 27.7 Å². The molecule has 151 valence electrons. The Bertz CT molecular complexity index is 571. The summed E-state index contributed by atoms with van der Waals surface area (Å²) in [4.78, 5) is 8.47. The van der Waals surface area contributed by atoms with E-state index in [0.717, 1.165) is 22.8 Å². The summed E-state index contributed by atoms with van der Waals surface area (Å²) in [5, 5.41) is 0. The maximum absolute atomic E-state index is 10.7. The van der Waals surface area contributed by atoms with E-state index in [0.29, 0.717) is 0 Å². The summed E-state index contributed by atoms with van der Waals surface area (Å²) in [6.07, 6.45) is 0. The quantitative estimate of drug-likeness (QED) is 0.201. The molecule has 2 nitrogen and oxygen atoms in total. The van der Waals surface area contributed by atoms with E-state index in [9.17, 15) is 25.2 Å². The molecule has 2 aromatic rings. The van der Waals surface area contributed by atoms with E-state index in [-0.39, 0.29) is 24.0 Å². The van der Waals surface area contributed by atoms with Gasteiger partial charge in [0.15, 0.2) is 0 Å². The topological polar surface area (TPSA) is 25.8 Å². The van der Waals surface area contributed by atoms with Gasteiger partial charge in [-0.2, -0.15) is 0 Å². The molecule has 0 aromatic carbocycles. The number of aryl methyl sites for hydroxylation is 6. The van der Waals surface area contributed by atoms with Crippen molar-refractivity contribution < 1.29 is 25.2 Å². The van der Waals surface area contributed by atoms with Gasteiger partial charge in [-0.25, -0.2) is 0 Å². The molecule has 10 heteroatoms. The first-order valence-electron chi connectivity index (χ1n) is 7.22. The number of hydrogen-bond acceptors (Lipinski definition) is 2. The van der Waals surface area contributed by atoms with Crippen LogP contribution in [0.5, 0.6) is 0 Å². The molecule has 0 spiro atoms. The molecule has 0 atom stereocenters. The van der Waals surface area contributed by atoms with Crippen LogP contribution in [0, 0.1) is 41.5 Å². The molecule has 0 aliphatic heterocycles. The van der Waals surface area contributed by atoms with Crippen molar-refractivity contribution in [2.24, 2.45) is 0 Å². The van der Waals surface area contributed by atoms with Gasteiger partial charge < -0.3 is 0 Å². The molecule has 0 saturated carbocycles. The van der Waals surface area contributed by atoms with Gasteiger partial charge in [-0.15, -0.1) is 0 Å². The number of hydrogen-bond donors (Lipinski definition) is 0. The molecule has 2 rings (SSSR count). The van der Waals surface area contributed by atoms with Crippen LogP contribution in [0.4, 0.5) is 25.2 Å². The van der Waals surface area contributed by atoms with Crippen LogP contribution in [0.15, 0.2) is 24.3 Å². The molecule has 2 aromatic heterocycles. The summed E-state index contributed by atoms with van der Waals surface area (Å²) in [5.41, 5.74) is 7.00. The van der Waals surface area contributed by atoms with Gasteiger partial charge in [0.2, 0.25) is 0 Å². The summed E-state index contributed by atoms with van der Waals surface area (Å²) >= 11 is 0. The minimum absolute atomic E-state index is 0. The molecule has 0 N–H and O–H groups in total. The van der Waals surface area contributed by atoms with E-state index < -0.39 is 7.81 Å². The normalized spacial score (nSPS) is 12.9.